The van der Waals surface area contributed by atoms with Crippen molar-refractivity contribution in [2.45, 2.75) is 57.8 Å². The molecule has 1 rings (SSSR count). The standard InChI is InChI=1S/C13H23NOSi/c1-13(2,3)16(4,5)15-12(10-14)9-8-11-6-7-11/h8-9,11-12H,6-7H2,1-5H3/b9-8+. The quantitative estimate of drug-likeness (QED) is 0.549. The van der Waals surface area contributed by atoms with Crippen LogP contribution in [0.25, 0.3) is 0 Å². The summed E-state index contributed by atoms with van der Waals surface area (Å²) in [5.74, 6) is 0.707. The summed E-state index contributed by atoms with van der Waals surface area (Å²) in [6.45, 7) is 10.9. The Bertz CT molecular complexity index is 305. The van der Waals surface area contributed by atoms with Crippen LogP contribution in [-0.4, -0.2) is 14.4 Å². The number of rotatable bonds is 4. The minimum atomic E-state index is -1.81. The van der Waals surface area contributed by atoms with E-state index < -0.39 is 8.32 Å². The van der Waals surface area contributed by atoms with Crippen molar-refractivity contribution >= 4 is 8.32 Å². The smallest absolute Gasteiger partial charge is 0.194 e. The van der Waals surface area contributed by atoms with E-state index in [0.717, 1.165) is 0 Å². The second-order valence-corrected chi connectivity index (χ2v) is 10.9. The predicted octanol–water partition coefficient (Wildman–Crippen LogP) is 3.87. The van der Waals surface area contributed by atoms with Crippen LogP contribution in [-0.2, 0) is 4.43 Å². The Morgan fingerprint density at radius 2 is 1.94 bits per heavy atom. The van der Waals surface area contributed by atoms with Crippen molar-refractivity contribution in [1.82, 2.24) is 0 Å². The van der Waals surface area contributed by atoms with E-state index >= 15 is 0 Å². The number of allylic oxidation sites excluding steroid dienone is 1. The maximum absolute atomic E-state index is 9.08. The first-order valence-corrected chi connectivity index (χ1v) is 8.93. The second-order valence-electron chi connectivity index (χ2n) is 6.15. The third-order valence-electron chi connectivity index (χ3n) is 3.54. The lowest BCUT2D eigenvalue weighted by molar-refractivity contribution is 0.273. The summed E-state index contributed by atoms with van der Waals surface area (Å²) in [6.07, 6.45) is 6.27. The second kappa shape index (κ2) is 4.73. The van der Waals surface area contributed by atoms with Gasteiger partial charge in [-0.25, -0.2) is 0 Å². The minimum absolute atomic E-state index is 0.162. The zero-order valence-corrected chi connectivity index (χ0v) is 12.1. The van der Waals surface area contributed by atoms with Gasteiger partial charge >= 0.3 is 0 Å². The van der Waals surface area contributed by atoms with E-state index in [1.165, 1.54) is 12.8 Å². The highest BCUT2D eigenvalue weighted by Gasteiger charge is 2.38. The van der Waals surface area contributed by atoms with Gasteiger partial charge in [-0.15, -0.1) is 0 Å². The number of hydrogen-bond donors (Lipinski definition) is 0. The molecule has 0 radical (unpaired) electrons. The molecule has 0 heterocycles. The van der Waals surface area contributed by atoms with Gasteiger partial charge in [-0.3, -0.25) is 0 Å². The zero-order chi connectivity index (χ0) is 12.4. The zero-order valence-electron chi connectivity index (χ0n) is 11.1. The van der Waals surface area contributed by atoms with Crippen molar-refractivity contribution in [1.29, 1.82) is 5.26 Å². The normalized spacial score (nSPS) is 19.8. The Kier molecular flexibility index (Phi) is 3.98. The summed E-state index contributed by atoms with van der Waals surface area (Å²) in [7, 11) is -1.81. The molecular weight excluding hydrogens is 214 g/mol. The molecule has 0 bridgehead atoms. The van der Waals surface area contributed by atoms with E-state index in [0.29, 0.717) is 5.92 Å². The molecule has 0 aromatic carbocycles. The molecule has 3 heteroatoms. The third-order valence-corrected chi connectivity index (χ3v) is 7.99. The average molecular weight is 237 g/mol. The van der Waals surface area contributed by atoms with Crippen LogP contribution in [0.3, 0.4) is 0 Å². The topological polar surface area (TPSA) is 33.0 Å². The Morgan fingerprint density at radius 3 is 2.31 bits per heavy atom. The Morgan fingerprint density at radius 1 is 1.38 bits per heavy atom. The highest BCUT2D eigenvalue weighted by Crippen LogP contribution is 2.37. The molecule has 16 heavy (non-hydrogen) atoms. The first-order chi connectivity index (χ1) is 7.26. The molecule has 1 aliphatic rings. The van der Waals surface area contributed by atoms with Gasteiger partial charge in [-0.2, -0.15) is 5.26 Å². The van der Waals surface area contributed by atoms with Gasteiger partial charge in [0.1, 0.15) is 0 Å². The largest absolute Gasteiger partial charge is 0.398 e. The van der Waals surface area contributed by atoms with Crippen LogP contribution >= 0.6 is 0 Å². The molecule has 1 fully saturated rings. The summed E-state index contributed by atoms with van der Waals surface area (Å²) in [5.41, 5.74) is 0. The fourth-order valence-corrected chi connectivity index (χ4v) is 2.27. The molecule has 1 saturated carbocycles. The molecule has 0 N–H and O–H groups in total. The van der Waals surface area contributed by atoms with Crippen molar-refractivity contribution in [3.8, 4) is 6.07 Å². The van der Waals surface area contributed by atoms with Gasteiger partial charge in [0, 0.05) is 0 Å². The summed E-state index contributed by atoms with van der Waals surface area (Å²) < 4.78 is 6.02. The van der Waals surface area contributed by atoms with Gasteiger partial charge in [0.2, 0.25) is 0 Å². The van der Waals surface area contributed by atoms with Gasteiger partial charge in [-0.05, 0) is 43.0 Å². The van der Waals surface area contributed by atoms with Crippen molar-refractivity contribution < 1.29 is 4.43 Å². The molecule has 1 aliphatic carbocycles. The lowest BCUT2D eigenvalue weighted by Crippen LogP contribution is -2.43. The molecule has 0 aromatic heterocycles. The van der Waals surface area contributed by atoms with Gasteiger partial charge in [0.05, 0.1) is 6.07 Å². The van der Waals surface area contributed by atoms with Crippen LogP contribution < -0.4 is 0 Å². The van der Waals surface area contributed by atoms with E-state index in [9.17, 15) is 0 Å². The van der Waals surface area contributed by atoms with Crippen LogP contribution in [0.15, 0.2) is 12.2 Å². The molecule has 0 spiro atoms. The van der Waals surface area contributed by atoms with Crippen LogP contribution in [0.5, 0.6) is 0 Å². The van der Waals surface area contributed by atoms with Crippen LogP contribution in [0.1, 0.15) is 33.6 Å². The highest BCUT2D eigenvalue weighted by molar-refractivity contribution is 6.74. The molecule has 1 atom stereocenters. The van der Waals surface area contributed by atoms with Crippen LogP contribution in [0.4, 0.5) is 0 Å². The SMILES string of the molecule is CC(C)(C)[Si](C)(C)OC(C#N)/C=C/C1CC1. The highest BCUT2D eigenvalue weighted by atomic mass is 28.4. The van der Waals surface area contributed by atoms with Crippen molar-refractivity contribution in [3.05, 3.63) is 12.2 Å². The number of nitriles is 1. The first-order valence-electron chi connectivity index (χ1n) is 6.02. The van der Waals surface area contributed by atoms with Crippen molar-refractivity contribution in [2.24, 2.45) is 5.92 Å². The van der Waals surface area contributed by atoms with Crippen LogP contribution in [0.2, 0.25) is 18.1 Å². The van der Waals surface area contributed by atoms with Crippen LogP contribution in [0, 0.1) is 17.2 Å². The maximum atomic E-state index is 9.08. The number of hydrogen-bond acceptors (Lipinski definition) is 2. The molecule has 1 unspecified atom stereocenters. The van der Waals surface area contributed by atoms with Gasteiger partial charge in [-0.1, -0.05) is 26.8 Å². The molecule has 2 nitrogen and oxygen atoms in total. The minimum Gasteiger partial charge on any atom is -0.398 e. The Labute approximate surface area is 100 Å². The lowest BCUT2D eigenvalue weighted by Gasteiger charge is -2.37. The number of nitrogens with zero attached hydrogens (tertiary/aromatic N) is 1. The first kappa shape index (κ1) is 13.5. The molecule has 0 amide bonds. The van der Waals surface area contributed by atoms with Gasteiger partial charge in [0.25, 0.3) is 0 Å². The summed E-state index contributed by atoms with van der Waals surface area (Å²) in [6, 6.07) is 2.24. The predicted molar refractivity (Wildman–Crippen MR) is 69.5 cm³/mol. The lowest BCUT2D eigenvalue weighted by atomic mass is 10.2. The van der Waals surface area contributed by atoms with Crippen molar-refractivity contribution in [3.63, 3.8) is 0 Å². The van der Waals surface area contributed by atoms with E-state index in [-0.39, 0.29) is 11.1 Å². The summed E-state index contributed by atoms with van der Waals surface area (Å²) >= 11 is 0. The Hall–Kier alpha value is -0.593. The summed E-state index contributed by atoms with van der Waals surface area (Å²) in [5, 5.41) is 9.25. The Balaban J connectivity index is 2.58. The van der Waals surface area contributed by atoms with E-state index in [4.69, 9.17) is 9.69 Å². The van der Waals surface area contributed by atoms with Gasteiger partial charge in [0.15, 0.2) is 14.4 Å². The fourth-order valence-electron chi connectivity index (χ4n) is 1.15. The third kappa shape index (κ3) is 3.77. The molecule has 0 saturated heterocycles. The molecular formula is C13H23NOSi. The van der Waals surface area contributed by atoms with E-state index in [1.807, 2.05) is 6.08 Å². The van der Waals surface area contributed by atoms with Gasteiger partial charge < -0.3 is 4.43 Å². The fraction of sp³-hybridized carbons (Fsp3) is 0.769. The molecule has 0 aromatic rings. The monoisotopic (exact) mass is 237 g/mol. The molecule has 0 aliphatic heterocycles. The maximum Gasteiger partial charge on any atom is 0.194 e. The van der Waals surface area contributed by atoms with E-state index in [2.05, 4.69) is 46.0 Å². The van der Waals surface area contributed by atoms with E-state index in [1.54, 1.807) is 0 Å². The average Bonchev–Trinajstić information content (AvgIpc) is 2.93. The summed E-state index contributed by atoms with van der Waals surface area (Å²) in [4.78, 5) is 0. The van der Waals surface area contributed by atoms with Crippen molar-refractivity contribution in [2.75, 3.05) is 0 Å². The molecule has 90 valence electrons.